The molecule has 15 aliphatic rings. The number of aliphatic hydroxyl groups excluding tert-OH is 20. The lowest BCUT2D eigenvalue weighted by Crippen LogP contribution is -2.68. The summed E-state index contributed by atoms with van der Waals surface area (Å²) in [5.74, 6) is 0. The smallest absolute Gasteiger partial charge is 0.226 e. The number of rotatable bonds is 11. The molecule has 15 saturated heterocycles. The number of aryl methyl sites for hydroxylation is 1. The van der Waals surface area contributed by atoms with Crippen LogP contribution in [0.3, 0.4) is 0 Å². The van der Waals surface area contributed by atoms with Crippen LogP contribution in [0, 0.1) is 0 Å². The molecule has 0 spiro atoms. The van der Waals surface area contributed by atoms with Crippen molar-refractivity contribution in [3.63, 3.8) is 0 Å². The maximum Gasteiger partial charge on any atom is 0.226 e. The first-order valence-corrected chi connectivity index (χ1v) is 28.1. The van der Waals surface area contributed by atoms with Crippen LogP contribution in [-0.4, -0.2) is 375 Å². The van der Waals surface area contributed by atoms with E-state index in [1.165, 1.54) is 22.9 Å². The monoisotopic (exact) mass is 1280 g/mol. The van der Waals surface area contributed by atoms with E-state index >= 15 is 0 Å². The Labute approximate surface area is 497 Å². The number of pyridine rings is 1. The van der Waals surface area contributed by atoms with E-state index < -0.39 is 268 Å². The van der Waals surface area contributed by atoms with E-state index in [0.29, 0.717) is 11.3 Å². The fourth-order valence-corrected chi connectivity index (χ4v) is 11.7. The summed E-state index contributed by atoms with van der Waals surface area (Å²) in [6.07, 6.45) is -67.4. The van der Waals surface area contributed by atoms with Crippen LogP contribution in [-0.2, 0) is 84.7 Å². The molecule has 16 rings (SSSR count). The lowest BCUT2D eigenvalue weighted by Gasteiger charge is -2.50. The molecule has 16 heterocycles. The Hall–Kier alpha value is -2.78. The Kier molecular flexibility index (Phi) is 23.8. The molecule has 38 nitrogen and oxygen atoms in total. The molecule has 0 aromatic carbocycles. The summed E-state index contributed by atoms with van der Waals surface area (Å²) in [4.78, 5) is 0. The molecule has 0 amide bonds. The van der Waals surface area contributed by atoms with Crippen molar-refractivity contribution in [2.24, 2.45) is 12.2 Å². The van der Waals surface area contributed by atoms with Crippen molar-refractivity contribution < 1.29 is 183 Å². The van der Waals surface area contributed by atoms with Gasteiger partial charge in [0.15, 0.2) is 50.2 Å². The molecule has 88 heavy (non-hydrogen) atoms. The van der Waals surface area contributed by atoms with Gasteiger partial charge in [-0.25, -0.2) is 0 Å². The van der Waals surface area contributed by atoms with E-state index in [0.717, 1.165) is 6.21 Å². The van der Waals surface area contributed by atoms with Gasteiger partial charge in [0.2, 0.25) is 5.69 Å². The Morgan fingerprint density at radius 3 is 0.830 bits per heavy atom. The summed E-state index contributed by atoms with van der Waals surface area (Å²) in [5.41, 5.74) is 0.806. The number of fused-ring (bicyclic) bond motifs is 7. The molecule has 14 bridgehead atoms. The van der Waals surface area contributed by atoms with E-state index in [-0.39, 0.29) is 0 Å². The van der Waals surface area contributed by atoms with Gasteiger partial charge in [0.05, 0.1) is 52.9 Å². The second kappa shape index (κ2) is 30.1. The highest BCUT2D eigenvalue weighted by Gasteiger charge is 2.60. The van der Waals surface area contributed by atoms with Gasteiger partial charge in [-0.3, -0.25) is 0 Å². The predicted molar refractivity (Wildman–Crippen MR) is 268 cm³/mol. The molecule has 0 radical (unpaired) electrons. The minimum atomic E-state index is -2.23. The highest BCUT2D eigenvalue weighted by molar-refractivity contribution is 5.74. The normalized spacial score (nSPS) is 50.0. The third kappa shape index (κ3) is 14.0. The number of oxime groups is 1. The second-order valence-corrected chi connectivity index (χ2v) is 22.3. The van der Waals surface area contributed by atoms with Crippen molar-refractivity contribution >= 4 is 6.21 Å². The van der Waals surface area contributed by atoms with Gasteiger partial charge >= 0.3 is 0 Å². The van der Waals surface area contributed by atoms with Crippen LogP contribution < -0.4 is 4.57 Å². The van der Waals surface area contributed by atoms with Crippen molar-refractivity contribution in [3.05, 3.63) is 29.6 Å². The Morgan fingerprint density at radius 2 is 0.591 bits per heavy atom. The number of aromatic nitrogens is 1. The molecule has 35 atom stereocenters. The lowest BCUT2D eigenvalue weighted by molar-refractivity contribution is -0.672. The molecule has 1 aromatic heterocycles. The van der Waals surface area contributed by atoms with Gasteiger partial charge in [0.1, 0.15) is 184 Å². The zero-order chi connectivity index (χ0) is 63.7. The SMILES string of the molecule is C[n+]1cc(CO[C@H]2[C@H]3O[C@H]4[C@H](O)[C@@H](O)[C@@H](O[C@H]5[C@H](O)[C@@H](O)[C@@H](O[C@H]6[C@H](O)[C@@H](O)[C@@H](O[C@H]7[C@H](O)[C@@H](O)[C@@H](O[C@H]8[C@H](O)[C@@H](O)[C@@H](O[C@H]9[C@H](O)[C@@H](O)[C@@H](O[C@@H]([C@@H]2O)[C@@H](CO)O3)O[C@@H]9CO)O[C@@H]8CO)O[C@@H]7CO)O[C@@H]6CO)O[C@@H]5CO)O[C@@H]4CO)ccc1C=NO. The van der Waals surface area contributed by atoms with Crippen LogP contribution in [0.15, 0.2) is 23.5 Å². The summed E-state index contributed by atoms with van der Waals surface area (Å²) in [7, 11) is 1.59. The van der Waals surface area contributed by atoms with Crippen LogP contribution in [0.1, 0.15) is 11.3 Å². The highest BCUT2D eigenvalue weighted by atomic mass is 16.8. The Bertz CT molecular complexity index is 2370. The standard InChI is InChI=1S/C50H78N2O36/c1-52-5-14(2-3-15(52)4-51-73)13-74-43-35(72)42-22(12-59)81-50(43)88-41-21(11-58)80-48(34(71)28(41)65)86-39-19(9-56)78-46(32(69)26(39)63)84-37-17(7-54)76-44(30(67)24(37)61)82-36-16(6-53)75-45(29(66)23(36)60)83-38-18(8-55)77-47(31(68)25(38)62)85-40-20(10-57)79-49(87-42)33(70)27(40)64/h2-5,16-50,53-72H,6-13H2,1H3/p+1/t16-,17-,18-,19-,20-,21-,22-,23-,24-,25-,26-,27-,28-,29-,30-,31-,32-,33-,34-,35+,36-,37-,38-,39-,40-,41-,42-,43-,44-,45-,46-,47-,48-,49-,50-/m1/s1. The fraction of sp³-hybridized carbons (Fsp3) is 0.880. The maximum absolute atomic E-state index is 12.2. The first kappa shape index (κ1) is 69.6. The molecule has 0 unspecified atom stereocenters. The van der Waals surface area contributed by atoms with E-state index in [1.807, 2.05) is 0 Å². The molecular weight excluding hydrogens is 1200 g/mol. The number of hydrogen-bond acceptors (Lipinski definition) is 37. The van der Waals surface area contributed by atoms with Crippen molar-refractivity contribution in [1.29, 1.82) is 0 Å². The molecule has 0 aliphatic carbocycles. The zero-order valence-corrected chi connectivity index (χ0v) is 46.6. The average Bonchev–Trinajstić information content (AvgIpc) is 0.983. The summed E-state index contributed by atoms with van der Waals surface area (Å²) in [6, 6.07) is 3.06. The van der Waals surface area contributed by atoms with Gasteiger partial charge in [-0.2, -0.15) is 4.57 Å². The average molecular weight is 1280 g/mol. The Balaban J connectivity index is 1.03. The summed E-state index contributed by atoms with van der Waals surface area (Å²) in [6.45, 7) is -7.79. The van der Waals surface area contributed by atoms with E-state index in [1.54, 1.807) is 7.05 Å². The quantitative estimate of drug-likeness (QED) is 0.0423. The number of aliphatic hydroxyl groups is 20. The summed E-state index contributed by atoms with van der Waals surface area (Å²) in [5, 5.41) is 236. The van der Waals surface area contributed by atoms with Gasteiger partial charge in [0.25, 0.3) is 0 Å². The van der Waals surface area contributed by atoms with Gasteiger partial charge in [0, 0.05) is 11.6 Å². The molecule has 15 fully saturated rings. The lowest BCUT2D eigenvalue weighted by atomic mass is 9.95. The minimum absolute atomic E-state index is 0.389. The van der Waals surface area contributed by atoms with Crippen LogP contribution in [0.5, 0.6) is 0 Å². The molecular formula is C50H79N2O36+. The van der Waals surface area contributed by atoms with Crippen molar-refractivity contribution in [2.75, 3.05) is 46.2 Å². The highest BCUT2D eigenvalue weighted by Crippen LogP contribution is 2.39. The maximum atomic E-state index is 12.2. The van der Waals surface area contributed by atoms with Crippen LogP contribution in [0.4, 0.5) is 0 Å². The Morgan fingerprint density at radius 1 is 0.352 bits per heavy atom. The third-order valence-electron chi connectivity index (χ3n) is 16.6. The van der Waals surface area contributed by atoms with Gasteiger partial charge in [-0.05, 0) is 6.07 Å². The fourth-order valence-electron chi connectivity index (χ4n) is 11.7. The summed E-state index contributed by atoms with van der Waals surface area (Å²) >= 11 is 0. The second-order valence-electron chi connectivity index (χ2n) is 22.3. The van der Waals surface area contributed by atoms with Crippen LogP contribution in [0.2, 0.25) is 0 Å². The van der Waals surface area contributed by atoms with Gasteiger partial charge in [-0.15, -0.1) is 0 Å². The topological polar surface area (TPSA) is 580 Å². The van der Waals surface area contributed by atoms with Gasteiger partial charge < -0.3 is 178 Å². The number of hydrogen-bond donors (Lipinski definition) is 21. The molecule has 504 valence electrons. The largest absolute Gasteiger partial charge is 0.411 e. The predicted octanol–water partition coefficient (Wildman–Crippen LogP) is -14.4. The van der Waals surface area contributed by atoms with E-state index in [9.17, 15) is 102 Å². The van der Waals surface area contributed by atoms with Crippen molar-refractivity contribution in [3.8, 4) is 0 Å². The van der Waals surface area contributed by atoms with Crippen molar-refractivity contribution in [2.45, 2.75) is 222 Å². The van der Waals surface area contributed by atoms with Crippen LogP contribution >= 0.6 is 0 Å². The number of ether oxygens (including phenoxy) is 15. The van der Waals surface area contributed by atoms with E-state index in [4.69, 9.17) is 76.3 Å². The first-order chi connectivity index (χ1) is 42.1. The molecule has 15 aliphatic heterocycles. The third-order valence-corrected chi connectivity index (χ3v) is 16.6. The first-order valence-electron chi connectivity index (χ1n) is 28.1. The molecule has 38 heteroatoms. The summed E-state index contributed by atoms with van der Waals surface area (Å²) < 4.78 is 89.3. The van der Waals surface area contributed by atoms with Crippen LogP contribution in [0.25, 0.3) is 0 Å². The molecule has 21 N–H and O–H groups in total. The van der Waals surface area contributed by atoms with Gasteiger partial charge in [-0.1, -0.05) is 5.16 Å². The molecule has 1 aromatic rings. The number of nitrogens with zero attached hydrogens (tertiary/aromatic N) is 2. The van der Waals surface area contributed by atoms with E-state index in [2.05, 4.69) is 5.16 Å². The van der Waals surface area contributed by atoms with Crippen molar-refractivity contribution in [1.82, 2.24) is 0 Å². The molecule has 0 saturated carbocycles. The minimum Gasteiger partial charge on any atom is -0.411 e. The zero-order valence-electron chi connectivity index (χ0n) is 46.6.